The lowest BCUT2D eigenvalue weighted by Crippen LogP contribution is -2.46. The molecule has 7 heteroatoms. The topological polar surface area (TPSA) is 98.7 Å². The van der Waals surface area contributed by atoms with Gasteiger partial charge in [0.15, 0.2) is 0 Å². The summed E-state index contributed by atoms with van der Waals surface area (Å²) in [5.74, 6) is -0.671. The number of ether oxygens (including phenoxy) is 1. The summed E-state index contributed by atoms with van der Waals surface area (Å²) < 4.78 is 5.63. The van der Waals surface area contributed by atoms with E-state index in [9.17, 15) is 14.9 Å². The first-order chi connectivity index (χ1) is 9.38. The summed E-state index contributed by atoms with van der Waals surface area (Å²) in [6.07, 6.45) is 0.0457. The van der Waals surface area contributed by atoms with E-state index in [-0.39, 0.29) is 23.5 Å². The minimum absolute atomic E-state index is 0.0228. The number of carbonyl (C=O) groups excluding carboxylic acids is 1. The Morgan fingerprint density at radius 3 is 2.50 bits per heavy atom. The molecule has 1 aliphatic heterocycles. The number of nitro groups is 1. The van der Waals surface area contributed by atoms with Crippen LogP contribution in [0.3, 0.4) is 0 Å². The number of nitrogens with two attached hydrogens (primary N) is 1. The zero-order valence-electron chi connectivity index (χ0n) is 11.4. The molecule has 2 atom stereocenters. The highest BCUT2D eigenvalue weighted by molar-refractivity contribution is 5.99. The van der Waals surface area contributed by atoms with E-state index in [0.717, 1.165) is 0 Å². The predicted molar refractivity (Wildman–Crippen MR) is 73.8 cm³/mol. The van der Waals surface area contributed by atoms with Crippen LogP contribution in [0.4, 0.5) is 11.4 Å². The van der Waals surface area contributed by atoms with Gasteiger partial charge in [-0.25, -0.2) is 0 Å². The molecule has 0 unspecified atom stereocenters. The van der Waals surface area contributed by atoms with E-state index in [1.54, 1.807) is 6.07 Å². The van der Waals surface area contributed by atoms with Gasteiger partial charge in [-0.15, -0.1) is 0 Å². The van der Waals surface area contributed by atoms with Gasteiger partial charge in [0.05, 0.1) is 28.4 Å². The average molecular weight is 279 g/mol. The third-order valence-corrected chi connectivity index (χ3v) is 3.22. The first kappa shape index (κ1) is 14.3. The van der Waals surface area contributed by atoms with Crippen molar-refractivity contribution in [2.45, 2.75) is 26.1 Å². The van der Waals surface area contributed by atoms with E-state index in [2.05, 4.69) is 0 Å². The van der Waals surface area contributed by atoms with Gasteiger partial charge in [-0.05, 0) is 19.9 Å². The van der Waals surface area contributed by atoms with Crippen molar-refractivity contribution >= 4 is 17.3 Å². The second-order valence-corrected chi connectivity index (χ2v) is 4.99. The number of benzene rings is 1. The van der Waals surface area contributed by atoms with Crippen LogP contribution in [0.15, 0.2) is 18.2 Å². The van der Waals surface area contributed by atoms with Gasteiger partial charge >= 0.3 is 0 Å². The number of hydrogen-bond acceptors (Lipinski definition) is 5. The molecule has 1 fully saturated rings. The number of hydrogen-bond donors (Lipinski definition) is 1. The maximum absolute atomic E-state index is 11.5. The van der Waals surface area contributed by atoms with Crippen LogP contribution in [0.5, 0.6) is 0 Å². The lowest BCUT2D eigenvalue weighted by atomic mass is 10.1. The van der Waals surface area contributed by atoms with E-state index < -0.39 is 10.8 Å². The van der Waals surface area contributed by atoms with Crippen LogP contribution in [0, 0.1) is 10.1 Å². The fourth-order valence-electron chi connectivity index (χ4n) is 2.49. The number of primary amides is 1. The summed E-state index contributed by atoms with van der Waals surface area (Å²) in [5.41, 5.74) is 5.98. The molecule has 1 aromatic carbocycles. The Labute approximate surface area is 116 Å². The molecule has 108 valence electrons. The van der Waals surface area contributed by atoms with Crippen molar-refractivity contribution in [2.75, 3.05) is 18.0 Å². The van der Waals surface area contributed by atoms with Crippen molar-refractivity contribution in [2.24, 2.45) is 5.73 Å². The van der Waals surface area contributed by atoms with E-state index in [0.29, 0.717) is 18.8 Å². The summed E-state index contributed by atoms with van der Waals surface area (Å²) in [5, 5.41) is 10.8. The minimum Gasteiger partial charge on any atom is -0.372 e. The van der Waals surface area contributed by atoms with Crippen molar-refractivity contribution in [1.82, 2.24) is 0 Å². The second kappa shape index (κ2) is 5.46. The SMILES string of the molecule is C[C@@H]1CN(c2ccc([N+](=O)[O-])cc2C(N)=O)C[C@H](C)O1. The highest BCUT2D eigenvalue weighted by Gasteiger charge is 2.26. The summed E-state index contributed by atoms with van der Waals surface area (Å²) in [7, 11) is 0. The van der Waals surface area contributed by atoms with Gasteiger partial charge in [0, 0.05) is 25.2 Å². The molecule has 0 aromatic heterocycles. The fourth-order valence-corrected chi connectivity index (χ4v) is 2.49. The van der Waals surface area contributed by atoms with Gasteiger partial charge in [-0.3, -0.25) is 14.9 Å². The molecule has 1 heterocycles. The lowest BCUT2D eigenvalue weighted by Gasteiger charge is -2.37. The molecule has 1 aromatic rings. The highest BCUT2D eigenvalue weighted by atomic mass is 16.6. The van der Waals surface area contributed by atoms with Crippen LogP contribution in [0.2, 0.25) is 0 Å². The smallest absolute Gasteiger partial charge is 0.270 e. The maximum Gasteiger partial charge on any atom is 0.270 e. The molecule has 2 N–H and O–H groups in total. The average Bonchev–Trinajstić information content (AvgIpc) is 2.36. The van der Waals surface area contributed by atoms with Gasteiger partial charge in [-0.1, -0.05) is 0 Å². The van der Waals surface area contributed by atoms with Crippen LogP contribution in [0.1, 0.15) is 24.2 Å². The van der Waals surface area contributed by atoms with E-state index >= 15 is 0 Å². The summed E-state index contributed by atoms with van der Waals surface area (Å²) in [6, 6.07) is 4.18. The summed E-state index contributed by atoms with van der Waals surface area (Å²) in [6.45, 7) is 5.11. The second-order valence-electron chi connectivity index (χ2n) is 4.99. The van der Waals surface area contributed by atoms with Crippen molar-refractivity contribution < 1.29 is 14.5 Å². The largest absolute Gasteiger partial charge is 0.372 e. The van der Waals surface area contributed by atoms with Crippen LogP contribution in [-0.4, -0.2) is 36.1 Å². The third kappa shape index (κ3) is 2.88. The molecule has 1 amide bonds. The molecular formula is C13H17N3O4. The molecule has 20 heavy (non-hydrogen) atoms. The summed E-state index contributed by atoms with van der Waals surface area (Å²) >= 11 is 0. The molecule has 0 radical (unpaired) electrons. The number of rotatable bonds is 3. The van der Waals surface area contributed by atoms with E-state index in [4.69, 9.17) is 10.5 Å². The first-order valence-electron chi connectivity index (χ1n) is 6.37. The first-order valence-corrected chi connectivity index (χ1v) is 6.37. The van der Waals surface area contributed by atoms with E-state index in [1.807, 2.05) is 18.7 Å². The van der Waals surface area contributed by atoms with Gasteiger partial charge in [0.1, 0.15) is 0 Å². The molecule has 0 aliphatic carbocycles. The number of nitro benzene ring substituents is 1. The fraction of sp³-hybridized carbons (Fsp3) is 0.462. The quantitative estimate of drug-likeness (QED) is 0.664. The molecule has 0 saturated carbocycles. The van der Waals surface area contributed by atoms with Crippen LogP contribution in [-0.2, 0) is 4.74 Å². The van der Waals surface area contributed by atoms with Gasteiger partial charge < -0.3 is 15.4 Å². The normalized spacial score (nSPS) is 22.6. The van der Waals surface area contributed by atoms with Gasteiger partial charge in [-0.2, -0.15) is 0 Å². The van der Waals surface area contributed by atoms with Crippen LogP contribution < -0.4 is 10.6 Å². The van der Waals surface area contributed by atoms with Crippen LogP contribution >= 0.6 is 0 Å². The monoisotopic (exact) mass is 279 g/mol. The molecule has 0 spiro atoms. The highest BCUT2D eigenvalue weighted by Crippen LogP contribution is 2.27. The zero-order chi connectivity index (χ0) is 14.9. The number of anilines is 1. The number of carbonyl (C=O) groups is 1. The number of non-ortho nitro benzene ring substituents is 1. The predicted octanol–water partition coefficient (Wildman–Crippen LogP) is 1.31. The standard InChI is InChI=1S/C13H17N3O4/c1-8-6-15(7-9(2)20-8)12-4-3-10(16(18)19)5-11(12)13(14)17/h3-5,8-9H,6-7H2,1-2H3,(H2,14,17)/t8-,9+. The zero-order valence-corrected chi connectivity index (χ0v) is 11.4. The Kier molecular flexibility index (Phi) is 3.89. The Bertz CT molecular complexity index is 536. The summed E-state index contributed by atoms with van der Waals surface area (Å²) in [4.78, 5) is 23.8. The molecule has 1 saturated heterocycles. The molecule has 1 aliphatic rings. The molecule has 0 bridgehead atoms. The Morgan fingerprint density at radius 2 is 2.00 bits per heavy atom. The van der Waals surface area contributed by atoms with Crippen molar-refractivity contribution in [1.29, 1.82) is 0 Å². The minimum atomic E-state index is -0.671. The Morgan fingerprint density at radius 1 is 1.40 bits per heavy atom. The molecular weight excluding hydrogens is 262 g/mol. The third-order valence-electron chi connectivity index (χ3n) is 3.22. The Balaban J connectivity index is 2.40. The van der Waals surface area contributed by atoms with Gasteiger partial charge in [0.25, 0.3) is 11.6 Å². The van der Waals surface area contributed by atoms with Crippen molar-refractivity contribution in [3.63, 3.8) is 0 Å². The Hall–Kier alpha value is -2.15. The van der Waals surface area contributed by atoms with Gasteiger partial charge in [0.2, 0.25) is 0 Å². The number of morpholine rings is 1. The molecule has 7 nitrogen and oxygen atoms in total. The van der Waals surface area contributed by atoms with Crippen molar-refractivity contribution in [3.05, 3.63) is 33.9 Å². The van der Waals surface area contributed by atoms with E-state index in [1.165, 1.54) is 12.1 Å². The lowest BCUT2D eigenvalue weighted by molar-refractivity contribution is -0.384. The van der Waals surface area contributed by atoms with Crippen LogP contribution in [0.25, 0.3) is 0 Å². The van der Waals surface area contributed by atoms with Crippen molar-refractivity contribution in [3.8, 4) is 0 Å². The number of amides is 1. The maximum atomic E-state index is 11.5. The molecule has 2 rings (SSSR count). The number of nitrogens with zero attached hydrogens (tertiary/aromatic N) is 2.